The van der Waals surface area contributed by atoms with Crippen LogP contribution in [0.4, 0.5) is 0 Å². The van der Waals surface area contributed by atoms with Crippen molar-refractivity contribution in [2.24, 2.45) is 0 Å². The highest BCUT2D eigenvalue weighted by Gasteiger charge is 2.22. The molecule has 1 fully saturated rings. The van der Waals surface area contributed by atoms with E-state index in [4.69, 9.17) is 14.8 Å². The first-order chi connectivity index (χ1) is 15.1. The van der Waals surface area contributed by atoms with Crippen molar-refractivity contribution in [3.63, 3.8) is 0 Å². The summed E-state index contributed by atoms with van der Waals surface area (Å²) in [5, 5.41) is 23.8. The molecule has 5 rings (SSSR count). The van der Waals surface area contributed by atoms with E-state index in [2.05, 4.69) is 9.97 Å². The molecule has 4 aromatic rings. The molecule has 4 aromatic heterocycles. The number of nitrogens with zero attached hydrogens (tertiary/aromatic N) is 5. The molecule has 1 atom stereocenters. The highest BCUT2D eigenvalue weighted by molar-refractivity contribution is 6.58. The fraction of sp³-hybridized carbons (Fsp3) is 0.273. The molecule has 8 nitrogen and oxygen atoms in total. The third-order valence-corrected chi connectivity index (χ3v) is 5.45. The third-order valence-electron chi connectivity index (χ3n) is 5.45. The van der Waals surface area contributed by atoms with Gasteiger partial charge < -0.3 is 14.8 Å². The van der Waals surface area contributed by atoms with Crippen LogP contribution in [0.5, 0.6) is 0 Å². The van der Waals surface area contributed by atoms with Crippen LogP contribution in [0.2, 0.25) is 0 Å². The SMILES string of the molecule is Cc1cccc(-c2nn(C3CCCCO3)cc2-c2ccc3ncc(B(O)O)cc3n2)n1. The third kappa shape index (κ3) is 3.95. The van der Waals surface area contributed by atoms with Gasteiger partial charge in [-0.15, -0.1) is 0 Å². The molecule has 0 aliphatic carbocycles. The van der Waals surface area contributed by atoms with Gasteiger partial charge in [-0.3, -0.25) is 9.97 Å². The maximum absolute atomic E-state index is 9.49. The van der Waals surface area contributed by atoms with Crippen LogP contribution in [0, 0.1) is 6.92 Å². The minimum atomic E-state index is -1.60. The topological polar surface area (TPSA) is 106 Å². The minimum absolute atomic E-state index is 0.107. The normalized spacial score (nSPS) is 16.5. The number of fused-ring (bicyclic) bond motifs is 1. The van der Waals surface area contributed by atoms with Crippen LogP contribution in [-0.2, 0) is 4.74 Å². The fourth-order valence-electron chi connectivity index (χ4n) is 3.84. The second-order valence-corrected chi connectivity index (χ2v) is 7.73. The largest absolute Gasteiger partial charge is 0.490 e. The van der Waals surface area contributed by atoms with Crippen molar-refractivity contribution in [2.75, 3.05) is 6.61 Å². The number of hydrogen-bond donors (Lipinski definition) is 2. The van der Waals surface area contributed by atoms with Crippen LogP contribution in [0.15, 0.2) is 48.8 Å². The van der Waals surface area contributed by atoms with Crippen molar-refractivity contribution >= 4 is 23.6 Å². The van der Waals surface area contributed by atoms with Gasteiger partial charge in [0.05, 0.1) is 22.4 Å². The van der Waals surface area contributed by atoms with Crippen molar-refractivity contribution < 1.29 is 14.8 Å². The highest BCUT2D eigenvalue weighted by atomic mass is 16.5. The highest BCUT2D eigenvalue weighted by Crippen LogP contribution is 2.33. The monoisotopic (exact) mass is 415 g/mol. The van der Waals surface area contributed by atoms with Crippen molar-refractivity contribution in [3.8, 4) is 22.6 Å². The molecule has 0 bridgehead atoms. The van der Waals surface area contributed by atoms with Gasteiger partial charge in [0, 0.05) is 35.7 Å². The Morgan fingerprint density at radius 3 is 2.74 bits per heavy atom. The Morgan fingerprint density at radius 2 is 1.97 bits per heavy atom. The molecule has 2 N–H and O–H groups in total. The predicted octanol–water partition coefficient (Wildman–Crippen LogP) is 2.24. The molecule has 1 aliphatic heterocycles. The van der Waals surface area contributed by atoms with Gasteiger partial charge in [-0.05, 0) is 56.5 Å². The van der Waals surface area contributed by atoms with Gasteiger partial charge in [0.25, 0.3) is 0 Å². The van der Waals surface area contributed by atoms with Gasteiger partial charge in [-0.1, -0.05) is 6.07 Å². The lowest BCUT2D eigenvalue weighted by molar-refractivity contribution is -0.0393. The summed E-state index contributed by atoms with van der Waals surface area (Å²) in [4.78, 5) is 13.7. The Morgan fingerprint density at radius 1 is 1.06 bits per heavy atom. The van der Waals surface area contributed by atoms with Crippen LogP contribution < -0.4 is 5.46 Å². The first-order valence-electron chi connectivity index (χ1n) is 10.4. The molecule has 5 heterocycles. The van der Waals surface area contributed by atoms with Crippen LogP contribution >= 0.6 is 0 Å². The zero-order valence-corrected chi connectivity index (χ0v) is 17.1. The second kappa shape index (κ2) is 8.18. The summed E-state index contributed by atoms with van der Waals surface area (Å²) in [6.45, 7) is 2.68. The first kappa shape index (κ1) is 19.8. The molecule has 0 saturated carbocycles. The first-order valence-corrected chi connectivity index (χ1v) is 10.4. The van der Waals surface area contributed by atoms with Crippen molar-refractivity contribution in [1.29, 1.82) is 0 Å². The molecule has 0 spiro atoms. The van der Waals surface area contributed by atoms with E-state index >= 15 is 0 Å². The van der Waals surface area contributed by atoms with E-state index in [9.17, 15) is 10.0 Å². The molecule has 1 unspecified atom stereocenters. The van der Waals surface area contributed by atoms with Crippen molar-refractivity contribution in [1.82, 2.24) is 24.7 Å². The van der Waals surface area contributed by atoms with E-state index < -0.39 is 7.12 Å². The van der Waals surface area contributed by atoms with Gasteiger partial charge in [0.1, 0.15) is 11.9 Å². The average Bonchev–Trinajstić information content (AvgIpc) is 3.24. The molecule has 0 aromatic carbocycles. The smallest absolute Gasteiger partial charge is 0.423 e. The molecule has 1 saturated heterocycles. The summed E-state index contributed by atoms with van der Waals surface area (Å²) in [5.74, 6) is 0. The van der Waals surface area contributed by atoms with Gasteiger partial charge in [-0.25, -0.2) is 9.67 Å². The summed E-state index contributed by atoms with van der Waals surface area (Å²) in [7, 11) is -1.60. The maximum Gasteiger partial charge on any atom is 0.490 e. The van der Waals surface area contributed by atoms with E-state index in [0.717, 1.165) is 48.5 Å². The standard InChI is InChI=1S/C22H22BN5O3/c1-14-5-4-6-19(25-14)22-16(13-28(27-22)21-7-2-3-10-31-21)17-8-9-18-20(26-17)11-15(12-24-18)23(29)30/h4-6,8-9,11-13,21,29-30H,2-3,7,10H2,1H3. The molecule has 1 aliphatic rings. The molecular formula is C22H22BN5O3. The summed E-state index contributed by atoms with van der Waals surface area (Å²) < 4.78 is 7.80. The Kier molecular flexibility index (Phi) is 5.23. The Labute approximate surface area is 179 Å². The Balaban J connectivity index is 1.65. The molecule has 0 radical (unpaired) electrons. The minimum Gasteiger partial charge on any atom is -0.423 e. The van der Waals surface area contributed by atoms with Crippen LogP contribution in [0.3, 0.4) is 0 Å². The Hall–Kier alpha value is -3.14. The number of aromatic nitrogens is 5. The molecule has 156 valence electrons. The van der Waals surface area contributed by atoms with Gasteiger partial charge in [0.15, 0.2) is 0 Å². The summed E-state index contributed by atoms with van der Waals surface area (Å²) in [5.41, 5.74) is 5.50. The van der Waals surface area contributed by atoms with Crippen LogP contribution in [0.1, 0.15) is 31.2 Å². The quantitative estimate of drug-likeness (QED) is 0.493. The maximum atomic E-state index is 9.49. The van der Waals surface area contributed by atoms with Crippen molar-refractivity contribution in [2.45, 2.75) is 32.4 Å². The molecular weight excluding hydrogens is 393 g/mol. The second-order valence-electron chi connectivity index (χ2n) is 7.73. The van der Waals surface area contributed by atoms with Gasteiger partial charge in [0.2, 0.25) is 0 Å². The lowest BCUT2D eigenvalue weighted by atomic mass is 9.81. The summed E-state index contributed by atoms with van der Waals surface area (Å²) >= 11 is 0. The lowest BCUT2D eigenvalue weighted by Crippen LogP contribution is -2.30. The van der Waals surface area contributed by atoms with E-state index in [1.807, 2.05) is 48.1 Å². The summed E-state index contributed by atoms with van der Waals surface area (Å²) in [6, 6.07) is 11.2. The van der Waals surface area contributed by atoms with Crippen LogP contribution in [-0.4, -0.2) is 48.5 Å². The zero-order valence-electron chi connectivity index (χ0n) is 17.1. The lowest BCUT2D eigenvalue weighted by Gasteiger charge is -2.22. The summed E-state index contributed by atoms with van der Waals surface area (Å²) in [6.07, 6.45) is 6.37. The Bertz CT molecular complexity index is 1240. The van der Waals surface area contributed by atoms with E-state index in [-0.39, 0.29) is 6.23 Å². The fourth-order valence-corrected chi connectivity index (χ4v) is 3.84. The van der Waals surface area contributed by atoms with E-state index in [0.29, 0.717) is 22.2 Å². The van der Waals surface area contributed by atoms with Gasteiger partial charge in [-0.2, -0.15) is 5.10 Å². The molecule has 31 heavy (non-hydrogen) atoms. The number of aryl methyl sites for hydroxylation is 1. The van der Waals surface area contributed by atoms with Crippen molar-refractivity contribution in [3.05, 3.63) is 54.5 Å². The van der Waals surface area contributed by atoms with E-state index in [1.54, 1.807) is 6.07 Å². The van der Waals surface area contributed by atoms with E-state index in [1.165, 1.54) is 6.20 Å². The number of rotatable bonds is 4. The number of ether oxygens (including phenoxy) is 1. The number of hydrogen-bond acceptors (Lipinski definition) is 7. The zero-order chi connectivity index (χ0) is 21.4. The van der Waals surface area contributed by atoms with Crippen LogP contribution in [0.25, 0.3) is 33.7 Å². The molecule has 9 heteroatoms. The van der Waals surface area contributed by atoms with Gasteiger partial charge >= 0.3 is 7.12 Å². The average molecular weight is 415 g/mol. The molecule has 0 amide bonds. The number of pyridine rings is 3. The predicted molar refractivity (Wildman–Crippen MR) is 117 cm³/mol.